The van der Waals surface area contributed by atoms with Crippen LogP contribution >= 0.6 is 12.2 Å². The Morgan fingerprint density at radius 2 is 2.25 bits per heavy atom. The molecule has 1 atom stereocenters. The van der Waals surface area contributed by atoms with Crippen LogP contribution in [0.5, 0.6) is 0 Å². The maximum absolute atomic E-state index is 11.1. The minimum atomic E-state index is -0.186. The fourth-order valence-corrected chi connectivity index (χ4v) is 1.82. The second-order valence-electron chi connectivity index (χ2n) is 3.45. The van der Waals surface area contributed by atoms with Gasteiger partial charge in [-0.15, -0.1) is 0 Å². The van der Waals surface area contributed by atoms with Crippen molar-refractivity contribution in [3.63, 3.8) is 0 Å². The van der Waals surface area contributed by atoms with Crippen molar-refractivity contribution in [3.8, 4) is 0 Å². The maximum atomic E-state index is 11.1. The minimum absolute atomic E-state index is 0.00514. The number of pyridine rings is 1. The third kappa shape index (κ3) is 2.09. The Morgan fingerprint density at radius 1 is 1.44 bits per heavy atom. The number of hydrogen-bond acceptors (Lipinski definition) is 3. The predicted molar refractivity (Wildman–Crippen MR) is 63.9 cm³/mol. The highest BCUT2D eigenvalue weighted by molar-refractivity contribution is 7.71. The molecule has 2 heterocycles. The summed E-state index contributed by atoms with van der Waals surface area (Å²) in [4.78, 5) is 17.9. The second-order valence-corrected chi connectivity index (χ2v) is 3.83. The molecule has 0 aromatic carbocycles. The Morgan fingerprint density at radius 3 is 2.88 bits per heavy atom. The molecule has 2 rings (SSSR count). The molecule has 0 aliphatic rings. The van der Waals surface area contributed by atoms with E-state index in [9.17, 15) is 4.79 Å². The van der Waals surface area contributed by atoms with Crippen molar-refractivity contribution in [3.05, 3.63) is 57.5 Å². The van der Waals surface area contributed by atoms with Gasteiger partial charge in [-0.1, -0.05) is 6.07 Å². The Bertz CT molecular complexity index is 588. The quantitative estimate of drug-likeness (QED) is 0.806. The van der Waals surface area contributed by atoms with Gasteiger partial charge in [0.15, 0.2) is 4.77 Å². The number of rotatable bonds is 2. The molecule has 0 radical (unpaired) electrons. The molecule has 0 fully saturated rings. The van der Waals surface area contributed by atoms with Gasteiger partial charge in [0, 0.05) is 18.5 Å². The average molecular weight is 233 g/mol. The number of nitrogens with one attached hydrogen (secondary N) is 1. The predicted octanol–water partition coefficient (Wildman–Crippen LogP) is 1.91. The SMILES string of the molecule is CC(c1ccccn1)n1ccc(=O)[nH]c1=S. The van der Waals surface area contributed by atoms with Crippen LogP contribution in [-0.2, 0) is 0 Å². The summed E-state index contributed by atoms with van der Waals surface area (Å²) in [7, 11) is 0. The molecule has 0 aliphatic carbocycles. The van der Waals surface area contributed by atoms with E-state index < -0.39 is 0 Å². The Labute approximate surface area is 97.6 Å². The monoisotopic (exact) mass is 233 g/mol. The first kappa shape index (κ1) is 10.8. The van der Waals surface area contributed by atoms with Gasteiger partial charge < -0.3 is 4.57 Å². The molecule has 0 bridgehead atoms. The van der Waals surface area contributed by atoms with Crippen LogP contribution in [0.4, 0.5) is 0 Å². The lowest BCUT2D eigenvalue weighted by atomic mass is 10.2. The molecular formula is C11H11N3OS. The van der Waals surface area contributed by atoms with E-state index >= 15 is 0 Å². The third-order valence-corrected chi connectivity index (χ3v) is 2.70. The zero-order valence-electron chi connectivity index (χ0n) is 8.75. The summed E-state index contributed by atoms with van der Waals surface area (Å²) in [6.07, 6.45) is 3.42. The van der Waals surface area contributed by atoms with Gasteiger partial charge in [0.05, 0.1) is 11.7 Å². The zero-order chi connectivity index (χ0) is 11.5. The molecule has 1 unspecified atom stereocenters. The van der Waals surface area contributed by atoms with E-state index in [1.54, 1.807) is 17.0 Å². The number of aromatic amines is 1. The van der Waals surface area contributed by atoms with Crippen LogP contribution in [0, 0.1) is 4.77 Å². The van der Waals surface area contributed by atoms with Gasteiger partial charge in [0.2, 0.25) is 0 Å². The number of aromatic nitrogens is 3. The van der Waals surface area contributed by atoms with Crippen LogP contribution in [0.15, 0.2) is 41.5 Å². The van der Waals surface area contributed by atoms with Gasteiger partial charge in [-0.2, -0.15) is 0 Å². The fourth-order valence-electron chi connectivity index (χ4n) is 1.50. The highest BCUT2D eigenvalue weighted by Gasteiger charge is 2.08. The van der Waals surface area contributed by atoms with E-state index in [0.717, 1.165) is 5.69 Å². The highest BCUT2D eigenvalue weighted by Crippen LogP contribution is 2.13. The number of nitrogens with zero attached hydrogens (tertiary/aromatic N) is 2. The number of hydrogen-bond donors (Lipinski definition) is 1. The van der Waals surface area contributed by atoms with Gasteiger partial charge in [0.1, 0.15) is 0 Å². The van der Waals surface area contributed by atoms with Gasteiger partial charge in [0.25, 0.3) is 5.56 Å². The summed E-state index contributed by atoms with van der Waals surface area (Å²) in [5, 5.41) is 0. The van der Waals surface area contributed by atoms with E-state index in [1.165, 1.54) is 6.07 Å². The molecule has 1 N–H and O–H groups in total. The normalized spacial score (nSPS) is 12.3. The summed E-state index contributed by atoms with van der Waals surface area (Å²) < 4.78 is 2.21. The lowest BCUT2D eigenvalue weighted by Gasteiger charge is -2.14. The van der Waals surface area contributed by atoms with Crippen LogP contribution in [0.2, 0.25) is 0 Å². The highest BCUT2D eigenvalue weighted by atomic mass is 32.1. The third-order valence-electron chi connectivity index (χ3n) is 2.38. The average Bonchev–Trinajstić information content (AvgIpc) is 2.29. The van der Waals surface area contributed by atoms with Crippen LogP contribution in [0.1, 0.15) is 18.7 Å². The molecule has 0 spiro atoms. The van der Waals surface area contributed by atoms with E-state index in [1.807, 2.05) is 25.1 Å². The summed E-state index contributed by atoms with van der Waals surface area (Å²) >= 11 is 5.10. The first-order chi connectivity index (χ1) is 7.68. The van der Waals surface area contributed by atoms with Crippen LogP contribution < -0.4 is 5.56 Å². The first-order valence-electron chi connectivity index (χ1n) is 4.91. The molecule has 0 aliphatic heterocycles. The Balaban J connectivity index is 2.46. The molecule has 82 valence electrons. The van der Waals surface area contributed by atoms with Crippen molar-refractivity contribution in [1.82, 2.24) is 14.5 Å². The molecule has 16 heavy (non-hydrogen) atoms. The zero-order valence-corrected chi connectivity index (χ0v) is 9.57. The molecule has 4 nitrogen and oxygen atoms in total. The molecule has 0 saturated carbocycles. The van der Waals surface area contributed by atoms with Crippen molar-refractivity contribution in [1.29, 1.82) is 0 Å². The Kier molecular flexibility index (Phi) is 2.96. The largest absolute Gasteiger partial charge is 0.316 e. The van der Waals surface area contributed by atoms with Crippen LogP contribution in [0.3, 0.4) is 0 Å². The lowest BCUT2D eigenvalue weighted by Crippen LogP contribution is -2.15. The molecular weight excluding hydrogens is 222 g/mol. The van der Waals surface area contributed by atoms with Crippen molar-refractivity contribution in [2.24, 2.45) is 0 Å². The standard InChI is InChI=1S/C11H11N3OS/c1-8(9-4-2-3-6-12-9)14-7-5-10(15)13-11(14)16/h2-8H,1H3,(H,13,15,16). The van der Waals surface area contributed by atoms with Gasteiger partial charge >= 0.3 is 0 Å². The van der Waals surface area contributed by atoms with Crippen molar-refractivity contribution >= 4 is 12.2 Å². The van der Waals surface area contributed by atoms with Crippen LogP contribution in [-0.4, -0.2) is 14.5 Å². The topological polar surface area (TPSA) is 50.7 Å². The summed E-state index contributed by atoms with van der Waals surface area (Å²) in [5.74, 6) is 0. The van der Waals surface area contributed by atoms with E-state index in [0.29, 0.717) is 4.77 Å². The van der Waals surface area contributed by atoms with Crippen LogP contribution in [0.25, 0.3) is 0 Å². The molecule has 5 heteroatoms. The van der Waals surface area contributed by atoms with Crippen molar-refractivity contribution in [2.45, 2.75) is 13.0 Å². The summed E-state index contributed by atoms with van der Waals surface area (Å²) in [5.41, 5.74) is 0.722. The van der Waals surface area contributed by atoms with Gasteiger partial charge in [-0.05, 0) is 31.3 Å². The van der Waals surface area contributed by atoms with E-state index in [-0.39, 0.29) is 11.6 Å². The van der Waals surface area contributed by atoms with E-state index in [4.69, 9.17) is 12.2 Å². The van der Waals surface area contributed by atoms with Crippen molar-refractivity contribution < 1.29 is 0 Å². The number of H-pyrrole nitrogens is 1. The molecule has 2 aromatic rings. The summed E-state index contributed by atoms with van der Waals surface area (Å²) in [6.45, 7) is 1.98. The fraction of sp³-hybridized carbons (Fsp3) is 0.182. The molecule has 0 amide bonds. The minimum Gasteiger partial charge on any atom is -0.316 e. The van der Waals surface area contributed by atoms with Gasteiger partial charge in [-0.25, -0.2) is 0 Å². The first-order valence-corrected chi connectivity index (χ1v) is 5.32. The molecule has 0 saturated heterocycles. The smallest absolute Gasteiger partial charge is 0.251 e. The maximum Gasteiger partial charge on any atom is 0.251 e. The van der Waals surface area contributed by atoms with Gasteiger partial charge in [-0.3, -0.25) is 14.8 Å². The second kappa shape index (κ2) is 4.40. The molecule has 2 aromatic heterocycles. The lowest BCUT2D eigenvalue weighted by molar-refractivity contribution is 0.594. The summed E-state index contributed by atoms with van der Waals surface area (Å²) in [6, 6.07) is 7.18. The van der Waals surface area contributed by atoms with E-state index in [2.05, 4.69) is 9.97 Å². The Hall–Kier alpha value is -1.75. The van der Waals surface area contributed by atoms with Crippen molar-refractivity contribution in [2.75, 3.05) is 0 Å².